The van der Waals surface area contributed by atoms with Crippen molar-refractivity contribution >= 4 is 23.8 Å². The van der Waals surface area contributed by atoms with Crippen LogP contribution in [-0.2, 0) is 0 Å². The normalized spacial score (nSPS) is 12.3. The second kappa shape index (κ2) is 7.55. The lowest BCUT2D eigenvalue weighted by atomic mass is 10.1. The van der Waals surface area contributed by atoms with E-state index < -0.39 is 14.0 Å². The molecule has 3 aromatic carbocycles. The molecule has 116 valence electrons. The fourth-order valence-electron chi connectivity index (χ4n) is 2.71. The zero-order chi connectivity index (χ0) is 16.1. The highest BCUT2D eigenvalue weighted by Crippen LogP contribution is 2.33. The fourth-order valence-corrected chi connectivity index (χ4v) is 5.06. The Balaban J connectivity index is 2.09. The second-order valence-corrected chi connectivity index (χ2v) is 7.75. The van der Waals surface area contributed by atoms with Crippen LogP contribution >= 0.6 is 7.92 Å². The molecule has 0 saturated carbocycles. The summed E-state index contributed by atoms with van der Waals surface area (Å²) >= 11 is 0. The van der Waals surface area contributed by atoms with E-state index in [2.05, 4.69) is 78.9 Å². The SMILES string of the molecule is CCC(O)c1cccc(P(c2ccccc2)c2ccccc2)c1. The Hall–Kier alpha value is -1.95. The Morgan fingerprint density at radius 3 is 1.78 bits per heavy atom. The van der Waals surface area contributed by atoms with E-state index in [9.17, 15) is 5.11 Å². The highest BCUT2D eigenvalue weighted by atomic mass is 31.1. The van der Waals surface area contributed by atoms with E-state index in [1.807, 2.05) is 13.0 Å². The number of benzene rings is 3. The molecule has 0 spiro atoms. The van der Waals surface area contributed by atoms with Gasteiger partial charge in [-0.2, -0.15) is 0 Å². The number of aliphatic hydroxyl groups excluding tert-OH is 1. The minimum atomic E-state index is -0.603. The van der Waals surface area contributed by atoms with Crippen LogP contribution in [-0.4, -0.2) is 5.11 Å². The van der Waals surface area contributed by atoms with Gasteiger partial charge in [-0.3, -0.25) is 0 Å². The molecule has 0 bridgehead atoms. The molecule has 0 radical (unpaired) electrons. The van der Waals surface area contributed by atoms with E-state index in [-0.39, 0.29) is 0 Å². The highest BCUT2D eigenvalue weighted by Gasteiger charge is 2.17. The minimum Gasteiger partial charge on any atom is -0.388 e. The van der Waals surface area contributed by atoms with Crippen LogP contribution in [0.15, 0.2) is 84.9 Å². The van der Waals surface area contributed by atoms with Gasteiger partial charge in [-0.25, -0.2) is 0 Å². The molecule has 1 unspecified atom stereocenters. The van der Waals surface area contributed by atoms with Crippen molar-refractivity contribution in [3.05, 3.63) is 90.5 Å². The molecule has 0 heterocycles. The first-order valence-electron chi connectivity index (χ1n) is 7.98. The van der Waals surface area contributed by atoms with Gasteiger partial charge in [-0.1, -0.05) is 85.8 Å². The number of hydrogen-bond acceptors (Lipinski definition) is 1. The fraction of sp³-hybridized carbons (Fsp3) is 0.143. The molecular formula is C21H21OP. The summed E-state index contributed by atoms with van der Waals surface area (Å²) in [5.74, 6) is 0. The van der Waals surface area contributed by atoms with Gasteiger partial charge in [0.25, 0.3) is 0 Å². The van der Waals surface area contributed by atoms with Gasteiger partial charge < -0.3 is 5.11 Å². The van der Waals surface area contributed by atoms with Crippen molar-refractivity contribution in [2.45, 2.75) is 19.4 Å². The first-order valence-corrected chi connectivity index (χ1v) is 9.32. The van der Waals surface area contributed by atoms with Crippen LogP contribution in [0.1, 0.15) is 25.0 Å². The largest absolute Gasteiger partial charge is 0.388 e. The van der Waals surface area contributed by atoms with E-state index in [1.54, 1.807) is 0 Å². The topological polar surface area (TPSA) is 20.2 Å². The van der Waals surface area contributed by atoms with Gasteiger partial charge in [-0.15, -0.1) is 0 Å². The molecule has 2 heteroatoms. The molecule has 1 N–H and O–H groups in total. The third-order valence-corrected chi connectivity index (χ3v) is 6.35. The maximum absolute atomic E-state index is 10.2. The van der Waals surface area contributed by atoms with Gasteiger partial charge in [0.2, 0.25) is 0 Å². The number of rotatable bonds is 5. The highest BCUT2D eigenvalue weighted by molar-refractivity contribution is 7.79. The van der Waals surface area contributed by atoms with E-state index in [1.165, 1.54) is 15.9 Å². The Kier molecular flexibility index (Phi) is 5.23. The molecule has 0 aliphatic carbocycles. The molecule has 3 rings (SSSR count). The molecule has 3 aromatic rings. The summed E-state index contributed by atoms with van der Waals surface area (Å²) in [7, 11) is -0.603. The van der Waals surface area contributed by atoms with Crippen molar-refractivity contribution in [3.63, 3.8) is 0 Å². The Labute approximate surface area is 139 Å². The van der Waals surface area contributed by atoms with Crippen LogP contribution in [0.25, 0.3) is 0 Å². The summed E-state index contributed by atoms with van der Waals surface area (Å²) in [6.07, 6.45) is 0.344. The number of aliphatic hydroxyl groups is 1. The molecule has 1 nitrogen and oxygen atoms in total. The third kappa shape index (κ3) is 3.69. The smallest absolute Gasteiger partial charge is 0.0787 e. The number of hydrogen-bond donors (Lipinski definition) is 1. The van der Waals surface area contributed by atoms with Gasteiger partial charge in [0.1, 0.15) is 0 Å². The predicted molar refractivity (Wildman–Crippen MR) is 100 cm³/mol. The summed E-state index contributed by atoms with van der Waals surface area (Å²) in [5, 5.41) is 14.1. The first kappa shape index (κ1) is 15.9. The van der Waals surface area contributed by atoms with Crippen LogP contribution in [0.3, 0.4) is 0 Å². The van der Waals surface area contributed by atoms with E-state index in [4.69, 9.17) is 0 Å². The molecule has 0 aliphatic rings. The summed E-state index contributed by atoms with van der Waals surface area (Å²) < 4.78 is 0. The monoisotopic (exact) mass is 320 g/mol. The lowest BCUT2D eigenvalue weighted by molar-refractivity contribution is 0.174. The van der Waals surface area contributed by atoms with Crippen molar-refractivity contribution in [2.75, 3.05) is 0 Å². The summed E-state index contributed by atoms with van der Waals surface area (Å²) in [6.45, 7) is 2.01. The molecule has 0 saturated heterocycles. The van der Waals surface area contributed by atoms with Crippen molar-refractivity contribution in [1.29, 1.82) is 0 Å². The molecule has 0 aromatic heterocycles. The second-order valence-electron chi connectivity index (χ2n) is 5.53. The van der Waals surface area contributed by atoms with Gasteiger partial charge in [-0.05, 0) is 41.9 Å². The average molecular weight is 320 g/mol. The summed E-state index contributed by atoms with van der Waals surface area (Å²) in [5.41, 5.74) is 1.00. The van der Waals surface area contributed by atoms with Crippen molar-refractivity contribution in [2.24, 2.45) is 0 Å². The van der Waals surface area contributed by atoms with Gasteiger partial charge in [0.05, 0.1) is 6.10 Å². The van der Waals surface area contributed by atoms with Gasteiger partial charge in [0.15, 0.2) is 0 Å². The molecular weight excluding hydrogens is 299 g/mol. The van der Waals surface area contributed by atoms with Crippen LogP contribution < -0.4 is 15.9 Å². The van der Waals surface area contributed by atoms with Crippen molar-refractivity contribution < 1.29 is 5.11 Å². The van der Waals surface area contributed by atoms with E-state index >= 15 is 0 Å². The quantitative estimate of drug-likeness (QED) is 0.707. The Morgan fingerprint density at radius 2 is 1.26 bits per heavy atom. The van der Waals surface area contributed by atoms with E-state index in [0.29, 0.717) is 0 Å². The zero-order valence-corrected chi connectivity index (χ0v) is 14.2. The van der Waals surface area contributed by atoms with Crippen molar-refractivity contribution in [1.82, 2.24) is 0 Å². The zero-order valence-electron chi connectivity index (χ0n) is 13.3. The lowest BCUT2D eigenvalue weighted by Gasteiger charge is -2.20. The Bertz CT molecular complexity index is 701. The lowest BCUT2D eigenvalue weighted by Crippen LogP contribution is -2.21. The average Bonchev–Trinajstić information content (AvgIpc) is 2.63. The van der Waals surface area contributed by atoms with Crippen LogP contribution in [0.2, 0.25) is 0 Å². The summed E-state index contributed by atoms with van der Waals surface area (Å²) in [4.78, 5) is 0. The van der Waals surface area contributed by atoms with Crippen LogP contribution in [0, 0.1) is 0 Å². The van der Waals surface area contributed by atoms with Crippen LogP contribution in [0.4, 0.5) is 0 Å². The molecule has 1 atom stereocenters. The summed E-state index contributed by atoms with van der Waals surface area (Å²) in [6, 6.07) is 29.7. The molecule has 0 fully saturated rings. The van der Waals surface area contributed by atoms with E-state index in [0.717, 1.165) is 12.0 Å². The maximum atomic E-state index is 10.2. The van der Waals surface area contributed by atoms with Gasteiger partial charge >= 0.3 is 0 Å². The van der Waals surface area contributed by atoms with Crippen LogP contribution in [0.5, 0.6) is 0 Å². The third-order valence-electron chi connectivity index (χ3n) is 3.93. The molecule has 0 amide bonds. The molecule has 23 heavy (non-hydrogen) atoms. The molecule has 0 aliphatic heterocycles. The standard InChI is InChI=1S/C21H21OP/c1-2-21(22)17-10-9-15-20(16-17)23(18-11-5-3-6-12-18)19-13-7-4-8-14-19/h3-16,21-22H,2H2,1H3. The van der Waals surface area contributed by atoms with Gasteiger partial charge in [0, 0.05) is 0 Å². The first-order chi connectivity index (χ1) is 11.3. The van der Waals surface area contributed by atoms with Crippen molar-refractivity contribution in [3.8, 4) is 0 Å². The maximum Gasteiger partial charge on any atom is 0.0787 e. The minimum absolute atomic E-state index is 0.390. The Morgan fingerprint density at radius 1 is 0.739 bits per heavy atom. The predicted octanol–water partition coefficient (Wildman–Crippen LogP) is 3.89.